The van der Waals surface area contributed by atoms with Crippen molar-refractivity contribution in [2.24, 2.45) is 0 Å². The van der Waals surface area contributed by atoms with E-state index in [1.807, 2.05) is 24.3 Å². The Balaban J connectivity index is 1.83. The van der Waals surface area contributed by atoms with Gasteiger partial charge in [-0.1, -0.05) is 12.1 Å². The summed E-state index contributed by atoms with van der Waals surface area (Å²) in [5, 5.41) is 3.01. The van der Waals surface area contributed by atoms with Crippen molar-refractivity contribution < 1.29 is 4.39 Å². The highest BCUT2D eigenvalue weighted by atomic mass is 19.1. The average Bonchev–Trinajstić information content (AvgIpc) is 2.34. The van der Waals surface area contributed by atoms with Crippen LogP contribution >= 0.6 is 0 Å². The fraction of sp³-hybridized carbons (Fsp3) is 0.167. The molecule has 2 aromatic rings. The molecule has 0 unspecified atom stereocenters. The van der Waals surface area contributed by atoms with Crippen molar-refractivity contribution in [3.63, 3.8) is 0 Å². The molecule has 3 N–H and O–H groups in total. The van der Waals surface area contributed by atoms with Gasteiger partial charge in [-0.25, -0.2) is 14.4 Å². The van der Waals surface area contributed by atoms with E-state index in [9.17, 15) is 4.39 Å². The molecule has 1 aromatic carbocycles. The quantitative estimate of drug-likeness (QED) is 0.790. The average molecular weight is 232 g/mol. The molecule has 17 heavy (non-hydrogen) atoms. The van der Waals surface area contributed by atoms with E-state index in [4.69, 9.17) is 5.73 Å². The second kappa shape index (κ2) is 5.25. The van der Waals surface area contributed by atoms with Gasteiger partial charge in [0.1, 0.15) is 0 Å². The van der Waals surface area contributed by atoms with Crippen LogP contribution in [0.25, 0.3) is 0 Å². The van der Waals surface area contributed by atoms with E-state index in [-0.39, 0.29) is 0 Å². The van der Waals surface area contributed by atoms with Gasteiger partial charge < -0.3 is 11.1 Å². The number of hydrogen-bond acceptors (Lipinski definition) is 4. The lowest BCUT2D eigenvalue weighted by Gasteiger charge is -2.04. The first-order valence-corrected chi connectivity index (χ1v) is 5.30. The van der Waals surface area contributed by atoms with Crippen molar-refractivity contribution in [3.05, 3.63) is 48.0 Å². The number of rotatable bonds is 4. The summed E-state index contributed by atoms with van der Waals surface area (Å²) in [5.41, 5.74) is 7.52. The highest BCUT2D eigenvalue weighted by molar-refractivity contribution is 5.39. The Labute approximate surface area is 98.7 Å². The van der Waals surface area contributed by atoms with Gasteiger partial charge in [0.05, 0.1) is 12.4 Å². The predicted octanol–water partition coefficient (Wildman–Crippen LogP) is 1.85. The zero-order chi connectivity index (χ0) is 12.1. The Bertz CT molecular complexity index is 421. The van der Waals surface area contributed by atoms with Crippen molar-refractivity contribution in [2.75, 3.05) is 17.6 Å². The van der Waals surface area contributed by atoms with Gasteiger partial charge >= 0.3 is 0 Å². The number of nitrogens with one attached hydrogen (secondary N) is 1. The first-order valence-electron chi connectivity index (χ1n) is 5.30. The lowest BCUT2D eigenvalue weighted by molar-refractivity contribution is 0.614. The monoisotopic (exact) mass is 232 g/mol. The molecule has 0 saturated carbocycles. The van der Waals surface area contributed by atoms with Crippen LogP contribution in [-0.4, -0.2) is 16.5 Å². The molecular weight excluding hydrogens is 219 g/mol. The molecule has 0 amide bonds. The molecule has 0 spiro atoms. The third-order valence-corrected chi connectivity index (χ3v) is 2.30. The lowest BCUT2D eigenvalue weighted by Crippen LogP contribution is -2.07. The molecule has 1 aromatic heterocycles. The van der Waals surface area contributed by atoms with Gasteiger partial charge in [-0.2, -0.15) is 0 Å². The van der Waals surface area contributed by atoms with Crippen LogP contribution in [0.4, 0.5) is 16.0 Å². The van der Waals surface area contributed by atoms with Crippen LogP contribution in [0.1, 0.15) is 5.56 Å². The fourth-order valence-electron chi connectivity index (χ4n) is 1.41. The topological polar surface area (TPSA) is 63.8 Å². The van der Waals surface area contributed by atoms with Crippen LogP contribution in [0, 0.1) is 5.82 Å². The van der Waals surface area contributed by atoms with E-state index < -0.39 is 5.82 Å². The van der Waals surface area contributed by atoms with Crippen LogP contribution in [-0.2, 0) is 6.42 Å². The molecule has 4 nitrogen and oxygen atoms in total. The van der Waals surface area contributed by atoms with E-state index in [0.717, 1.165) is 24.5 Å². The van der Waals surface area contributed by atoms with Gasteiger partial charge in [0, 0.05) is 12.2 Å². The van der Waals surface area contributed by atoms with Crippen molar-refractivity contribution in [3.8, 4) is 0 Å². The minimum Gasteiger partial charge on any atom is -0.399 e. The van der Waals surface area contributed by atoms with Crippen molar-refractivity contribution in [1.82, 2.24) is 9.97 Å². The first kappa shape index (κ1) is 11.3. The number of nitrogens with zero attached hydrogens (tertiary/aromatic N) is 2. The van der Waals surface area contributed by atoms with Crippen molar-refractivity contribution in [1.29, 1.82) is 0 Å². The van der Waals surface area contributed by atoms with Crippen LogP contribution in [0.2, 0.25) is 0 Å². The van der Waals surface area contributed by atoms with E-state index in [0.29, 0.717) is 12.5 Å². The lowest BCUT2D eigenvalue weighted by atomic mass is 10.1. The van der Waals surface area contributed by atoms with Gasteiger partial charge in [0.25, 0.3) is 0 Å². The Morgan fingerprint density at radius 3 is 2.41 bits per heavy atom. The molecule has 88 valence electrons. The number of benzene rings is 1. The summed E-state index contributed by atoms with van der Waals surface area (Å²) in [6.07, 6.45) is 3.11. The maximum Gasteiger partial charge on any atom is 0.222 e. The van der Waals surface area contributed by atoms with E-state index >= 15 is 0 Å². The molecular formula is C12H13FN4. The summed E-state index contributed by atoms with van der Waals surface area (Å²) >= 11 is 0. The van der Waals surface area contributed by atoms with Crippen LogP contribution in [0.15, 0.2) is 36.7 Å². The van der Waals surface area contributed by atoms with Gasteiger partial charge in [-0.15, -0.1) is 0 Å². The minimum atomic E-state index is -0.436. The third-order valence-electron chi connectivity index (χ3n) is 2.30. The third kappa shape index (κ3) is 3.41. The summed E-state index contributed by atoms with van der Waals surface area (Å²) in [4.78, 5) is 7.61. The number of nitrogens with two attached hydrogens (primary N) is 1. The van der Waals surface area contributed by atoms with E-state index in [1.54, 1.807) is 0 Å². The molecule has 0 aliphatic heterocycles. The molecule has 0 bridgehead atoms. The zero-order valence-electron chi connectivity index (χ0n) is 9.23. The van der Waals surface area contributed by atoms with Crippen LogP contribution in [0.5, 0.6) is 0 Å². The van der Waals surface area contributed by atoms with Crippen LogP contribution in [0.3, 0.4) is 0 Å². The summed E-state index contributed by atoms with van der Waals surface area (Å²) in [6, 6.07) is 7.68. The largest absolute Gasteiger partial charge is 0.399 e. The molecule has 0 atom stereocenters. The molecule has 0 fully saturated rings. The molecule has 2 rings (SSSR count). The SMILES string of the molecule is Nc1ccc(CCNc2ncc(F)cn2)cc1. The predicted molar refractivity (Wildman–Crippen MR) is 65.0 cm³/mol. The number of aromatic nitrogens is 2. The van der Waals surface area contributed by atoms with Gasteiger partial charge in [0.2, 0.25) is 5.95 Å². The molecule has 0 radical (unpaired) electrons. The maximum absolute atomic E-state index is 12.5. The molecule has 0 saturated heterocycles. The first-order chi connectivity index (χ1) is 8.24. The Morgan fingerprint density at radius 1 is 1.12 bits per heavy atom. The summed E-state index contributed by atoms with van der Waals surface area (Å²) in [6.45, 7) is 0.690. The summed E-state index contributed by atoms with van der Waals surface area (Å²) in [7, 11) is 0. The standard InChI is InChI=1S/C12H13FN4/c13-10-7-16-12(17-8-10)15-6-5-9-1-3-11(14)4-2-9/h1-4,7-8H,5-6,14H2,(H,15,16,17). The smallest absolute Gasteiger partial charge is 0.222 e. The van der Waals surface area contributed by atoms with E-state index in [2.05, 4.69) is 15.3 Å². The molecule has 5 heteroatoms. The maximum atomic E-state index is 12.5. The summed E-state index contributed by atoms with van der Waals surface area (Å²) < 4.78 is 12.5. The minimum absolute atomic E-state index is 0.432. The Kier molecular flexibility index (Phi) is 3.49. The normalized spacial score (nSPS) is 10.2. The molecule has 0 aliphatic carbocycles. The summed E-state index contributed by atoms with van der Waals surface area (Å²) in [5.74, 6) is -0.00377. The van der Waals surface area contributed by atoms with E-state index in [1.165, 1.54) is 5.56 Å². The second-order valence-corrected chi connectivity index (χ2v) is 3.64. The highest BCUT2D eigenvalue weighted by Crippen LogP contribution is 2.06. The Morgan fingerprint density at radius 2 is 1.76 bits per heavy atom. The Hall–Kier alpha value is -2.17. The molecule has 1 heterocycles. The van der Waals surface area contributed by atoms with Gasteiger partial charge in [-0.05, 0) is 24.1 Å². The van der Waals surface area contributed by atoms with Gasteiger partial charge in [0.15, 0.2) is 5.82 Å². The number of anilines is 2. The fourth-order valence-corrected chi connectivity index (χ4v) is 1.41. The van der Waals surface area contributed by atoms with Crippen LogP contribution < -0.4 is 11.1 Å². The van der Waals surface area contributed by atoms with Gasteiger partial charge in [-0.3, -0.25) is 0 Å². The second-order valence-electron chi connectivity index (χ2n) is 3.64. The molecule has 0 aliphatic rings. The highest BCUT2D eigenvalue weighted by Gasteiger charge is 1.97. The number of halogens is 1. The zero-order valence-corrected chi connectivity index (χ0v) is 9.23. The number of hydrogen-bond donors (Lipinski definition) is 2. The van der Waals surface area contributed by atoms with Crippen molar-refractivity contribution in [2.45, 2.75) is 6.42 Å². The van der Waals surface area contributed by atoms with Crippen molar-refractivity contribution >= 4 is 11.6 Å². The number of nitrogen functional groups attached to an aromatic ring is 1.